The number of hydrogen-bond acceptors (Lipinski definition) is 3. The molecular formula is C30H44FN3O2. The Hall–Kier alpha value is -3.80. The van der Waals surface area contributed by atoms with Crippen LogP contribution in [0.1, 0.15) is 61.0 Å². The largest absolute Gasteiger partial charge is 0.340 e. The van der Waals surface area contributed by atoms with Crippen molar-refractivity contribution in [3.8, 4) is 0 Å². The van der Waals surface area contributed by atoms with E-state index in [-0.39, 0.29) is 23.2 Å². The Kier molecular flexibility index (Phi) is 11.7. The van der Waals surface area contributed by atoms with Gasteiger partial charge in [0.15, 0.2) is 0 Å². The third-order valence-corrected chi connectivity index (χ3v) is 5.47. The van der Waals surface area contributed by atoms with E-state index in [1.54, 1.807) is 18.3 Å². The lowest BCUT2D eigenvalue weighted by molar-refractivity contribution is -0.118. The molecule has 2 amide bonds. The number of benzene rings is 2. The SMILES string of the molecule is C.C=C(C)C(C)(C)C.Cc1ccc(NC(=O)[C@H](Cc2ccccc2)NC(=O)c2ccc(F)cc2)cn1.[HH].[HH].[HH]. The molecule has 0 radical (unpaired) electrons. The summed E-state index contributed by atoms with van der Waals surface area (Å²) < 4.78 is 13.1. The molecule has 1 aromatic heterocycles. The van der Waals surface area contributed by atoms with Crippen molar-refractivity contribution in [2.75, 3.05) is 5.32 Å². The minimum Gasteiger partial charge on any atom is -0.340 e. The monoisotopic (exact) mass is 497 g/mol. The van der Waals surface area contributed by atoms with Crippen molar-refractivity contribution in [1.82, 2.24) is 10.3 Å². The minimum atomic E-state index is -0.804. The van der Waals surface area contributed by atoms with E-state index in [2.05, 4.69) is 49.9 Å². The smallest absolute Gasteiger partial charge is 0.251 e. The first-order chi connectivity index (χ1) is 16.5. The van der Waals surface area contributed by atoms with Crippen LogP contribution < -0.4 is 10.6 Å². The fourth-order valence-electron chi connectivity index (χ4n) is 2.67. The van der Waals surface area contributed by atoms with E-state index in [0.717, 1.165) is 11.3 Å². The average Bonchev–Trinajstić information content (AvgIpc) is 2.81. The molecule has 198 valence electrons. The molecule has 5 nitrogen and oxygen atoms in total. The van der Waals surface area contributed by atoms with Crippen molar-refractivity contribution < 1.29 is 18.3 Å². The zero-order chi connectivity index (χ0) is 26.0. The maximum absolute atomic E-state index is 13.1. The van der Waals surface area contributed by atoms with Crippen LogP contribution in [0.5, 0.6) is 0 Å². The summed E-state index contributed by atoms with van der Waals surface area (Å²) in [5.41, 5.74) is 4.12. The van der Waals surface area contributed by atoms with Crippen LogP contribution in [0.25, 0.3) is 0 Å². The normalized spacial score (nSPS) is 11.2. The Morgan fingerprint density at radius 3 is 2.11 bits per heavy atom. The number of anilines is 1. The molecule has 36 heavy (non-hydrogen) atoms. The molecular weight excluding hydrogens is 453 g/mol. The molecule has 0 aliphatic heterocycles. The number of aryl methyl sites for hydroxylation is 1. The highest BCUT2D eigenvalue weighted by Crippen LogP contribution is 2.21. The summed E-state index contributed by atoms with van der Waals surface area (Å²) >= 11 is 0. The summed E-state index contributed by atoms with van der Waals surface area (Å²) in [4.78, 5) is 29.5. The summed E-state index contributed by atoms with van der Waals surface area (Å²) in [5, 5.41) is 5.52. The highest BCUT2D eigenvalue weighted by Gasteiger charge is 2.22. The van der Waals surface area contributed by atoms with Crippen LogP contribution in [0.4, 0.5) is 10.1 Å². The van der Waals surface area contributed by atoms with E-state index in [0.29, 0.717) is 17.5 Å². The van der Waals surface area contributed by atoms with Gasteiger partial charge in [0.05, 0.1) is 11.9 Å². The van der Waals surface area contributed by atoms with Crippen molar-refractivity contribution >= 4 is 17.5 Å². The maximum Gasteiger partial charge on any atom is 0.251 e. The molecule has 1 atom stereocenters. The van der Waals surface area contributed by atoms with E-state index in [9.17, 15) is 14.0 Å². The number of allylic oxidation sites excluding steroid dienone is 1. The zero-order valence-corrected chi connectivity index (χ0v) is 21.1. The number of nitrogens with one attached hydrogen (secondary N) is 2. The first-order valence-corrected chi connectivity index (χ1v) is 11.5. The molecule has 0 saturated heterocycles. The third kappa shape index (κ3) is 10.2. The van der Waals surface area contributed by atoms with Crippen molar-refractivity contribution in [3.63, 3.8) is 0 Å². The standard InChI is InChI=1S/C22H20FN3O2.C7H14.CH4.3H2/c1-15-7-12-19(14-24-15)25-22(28)20(13-16-5-3-2-4-6-16)26-21(27)17-8-10-18(23)11-9-17;1-6(2)7(3,4)5;;;;/h2-12,14,20H,13H2,1H3,(H,25,28)(H,26,27);1H2,2-5H3;1H4;3*1H/t20-;;;;;/m0...../s1. The predicted octanol–water partition coefficient (Wildman–Crippen LogP) is 7.49. The number of amides is 2. The third-order valence-electron chi connectivity index (χ3n) is 5.47. The van der Waals surface area contributed by atoms with Gasteiger partial charge in [0, 0.05) is 22.0 Å². The second-order valence-corrected chi connectivity index (χ2v) is 9.43. The van der Waals surface area contributed by atoms with Crippen LogP contribution in [0.15, 0.2) is 85.1 Å². The summed E-state index contributed by atoms with van der Waals surface area (Å²) in [6.45, 7) is 14.2. The average molecular weight is 498 g/mol. The first kappa shape index (κ1) is 30.2. The van der Waals surface area contributed by atoms with Crippen LogP contribution in [-0.4, -0.2) is 22.8 Å². The van der Waals surface area contributed by atoms with Crippen LogP contribution >= 0.6 is 0 Å². The Labute approximate surface area is 219 Å². The number of hydrogen-bond donors (Lipinski definition) is 2. The van der Waals surface area contributed by atoms with Crippen LogP contribution in [0, 0.1) is 18.2 Å². The number of carbonyl (C=O) groups excluding carboxylic acids is 2. The molecule has 3 aromatic rings. The highest BCUT2D eigenvalue weighted by molar-refractivity contribution is 6.01. The van der Waals surface area contributed by atoms with Crippen LogP contribution in [-0.2, 0) is 11.2 Å². The second kappa shape index (κ2) is 13.9. The molecule has 1 heterocycles. The molecule has 2 aromatic carbocycles. The van der Waals surface area contributed by atoms with E-state index in [1.807, 2.05) is 37.3 Å². The van der Waals surface area contributed by atoms with Gasteiger partial charge in [-0.25, -0.2) is 4.39 Å². The van der Waals surface area contributed by atoms with Gasteiger partial charge < -0.3 is 10.6 Å². The Morgan fingerprint density at radius 1 is 1.03 bits per heavy atom. The number of pyridine rings is 1. The van der Waals surface area contributed by atoms with E-state index < -0.39 is 17.8 Å². The van der Waals surface area contributed by atoms with E-state index >= 15 is 0 Å². The van der Waals surface area contributed by atoms with Crippen molar-refractivity contribution in [2.24, 2.45) is 5.41 Å². The van der Waals surface area contributed by atoms with Gasteiger partial charge in [-0.15, -0.1) is 0 Å². The number of aromatic nitrogens is 1. The lowest BCUT2D eigenvalue weighted by Gasteiger charge is -2.19. The molecule has 0 unspecified atom stereocenters. The molecule has 0 bridgehead atoms. The van der Waals surface area contributed by atoms with Crippen molar-refractivity contribution in [1.29, 1.82) is 0 Å². The molecule has 3 rings (SSSR count). The van der Waals surface area contributed by atoms with Gasteiger partial charge in [0.2, 0.25) is 5.91 Å². The van der Waals surface area contributed by atoms with Crippen LogP contribution in [0.3, 0.4) is 0 Å². The summed E-state index contributed by atoms with van der Waals surface area (Å²) in [5.74, 6) is -1.23. The van der Waals surface area contributed by atoms with Crippen molar-refractivity contribution in [2.45, 2.75) is 54.5 Å². The fourth-order valence-corrected chi connectivity index (χ4v) is 2.67. The molecule has 2 N–H and O–H groups in total. The summed E-state index contributed by atoms with van der Waals surface area (Å²) in [6.07, 6.45) is 1.88. The van der Waals surface area contributed by atoms with Crippen LogP contribution in [0.2, 0.25) is 0 Å². The molecule has 6 heteroatoms. The quantitative estimate of drug-likeness (QED) is 0.347. The molecule has 0 fully saturated rings. The van der Waals surface area contributed by atoms with Gasteiger partial charge in [0.25, 0.3) is 5.91 Å². The summed E-state index contributed by atoms with van der Waals surface area (Å²) in [6, 6.07) is 17.3. The highest BCUT2D eigenvalue weighted by atomic mass is 19.1. The lowest BCUT2D eigenvalue weighted by Crippen LogP contribution is -2.45. The molecule has 0 aliphatic rings. The fraction of sp³-hybridized carbons (Fsp3) is 0.300. The van der Waals surface area contributed by atoms with Gasteiger partial charge in [0.1, 0.15) is 11.9 Å². The van der Waals surface area contributed by atoms with Gasteiger partial charge in [-0.05, 0) is 61.2 Å². The minimum absolute atomic E-state index is 0. The second-order valence-electron chi connectivity index (χ2n) is 9.43. The van der Waals surface area contributed by atoms with Gasteiger partial charge in [-0.3, -0.25) is 14.6 Å². The number of halogens is 1. The maximum atomic E-state index is 13.1. The Bertz CT molecular complexity index is 1130. The number of rotatable bonds is 6. The zero-order valence-electron chi connectivity index (χ0n) is 21.1. The van der Waals surface area contributed by atoms with Gasteiger partial charge >= 0.3 is 0 Å². The van der Waals surface area contributed by atoms with E-state index in [4.69, 9.17) is 0 Å². The van der Waals surface area contributed by atoms with Gasteiger partial charge in [-0.1, -0.05) is 70.7 Å². The van der Waals surface area contributed by atoms with Crippen molar-refractivity contribution in [3.05, 3.63) is 108 Å². The first-order valence-electron chi connectivity index (χ1n) is 11.5. The summed E-state index contributed by atoms with van der Waals surface area (Å²) in [7, 11) is 0. The molecule has 0 aliphatic carbocycles. The predicted molar refractivity (Wildman–Crippen MR) is 153 cm³/mol. The lowest BCUT2D eigenvalue weighted by atomic mass is 9.89. The Morgan fingerprint density at radius 2 is 1.61 bits per heavy atom. The van der Waals surface area contributed by atoms with Gasteiger partial charge in [-0.2, -0.15) is 0 Å². The number of carbonyl (C=O) groups is 2. The number of nitrogens with zero attached hydrogens (tertiary/aromatic N) is 1. The molecule has 0 spiro atoms. The topological polar surface area (TPSA) is 71.1 Å². The Balaban J connectivity index is -0.00000105. The van der Waals surface area contributed by atoms with E-state index in [1.165, 1.54) is 29.8 Å². The molecule has 0 saturated carbocycles.